The van der Waals surface area contributed by atoms with Gasteiger partial charge in [-0.3, -0.25) is 4.79 Å². The minimum Gasteiger partial charge on any atom is -0.392 e. The maximum Gasteiger partial charge on any atom is 0.155 e. The van der Waals surface area contributed by atoms with E-state index in [4.69, 9.17) is 5.11 Å². The molecule has 0 aliphatic rings. The highest BCUT2D eigenvalue weighted by atomic mass is 16.3. The second-order valence-corrected chi connectivity index (χ2v) is 2.12. The molecule has 2 heteroatoms. The van der Waals surface area contributed by atoms with Crippen molar-refractivity contribution in [2.45, 2.75) is 20.8 Å². The molecule has 0 aromatic rings. The third-order valence-electron chi connectivity index (χ3n) is 1.41. The molecule has 0 saturated heterocycles. The first-order valence-corrected chi connectivity index (χ1v) is 2.87. The van der Waals surface area contributed by atoms with Crippen molar-refractivity contribution in [3.05, 3.63) is 11.1 Å². The van der Waals surface area contributed by atoms with Gasteiger partial charge in [-0.25, -0.2) is 0 Å². The number of aliphatic hydroxyl groups excluding tert-OH is 1. The molecule has 0 amide bonds. The predicted molar refractivity (Wildman–Crippen MR) is 36.1 cm³/mol. The lowest BCUT2D eigenvalue weighted by molar-refractivity contribution is -0.113. The summed E-state index contributed by atoms with van der Waals surface area (Å²) in [6.45, 7) is 4.94. The molecule has 0 heterocycles. The molecule has 0 unspecified atom stereocenters. The fourth-order valence-electron chi connectivity index (χ4n) is 0.419. The number of Topliss-reactive ketones (excluding diaryl/α,β-unsaturated/α-hetero) is 1. The van der Waals surface area contributed by atoms with E-state index in [0.717, 1.165) is 5.57 Å². The van der Waals surface area contributed by atoms with Crippen LogP contribution in [-0.4, -0.2) is 17.5 Å². The fraction of sp³-hybridized carbons (Fsp3) is 0.571. The van der Waals surface area contributed by atoms with E-state index >= 15 is 0 Å². The van der Waals surface area contributed by atoms with Crippen molar-refractivity contribution in [2.75, 3.05) is 6.61 Å². The standard InChI is InChI=1S/C7H12O2/c1-5(4-8)6(2)7(3)9/h8H,4H2,1-3H3. The van der Waals surface area contributed by atoms with E-state index in [1.165, 1.54) is 6.92 Å². The molecule has 0 aromatic heterocycles. The molecule has 1 N–H and O–H groups in total. The van der Waals surface area contributed by atoms with Gasteiger partial charge in [-0.15, -0.1) is 0 Å². The Balaban J connectivity index is 4.28. The van der Waals surface area contributed by atoms with Gasteiger partial charge in [0.1, 0.15) is 0 Å². The van der Waals surface area contributed by atoms with Gasteiger partial charge in [0, 0.05) is 0 Å². The zero-order valence-corrected chi connectivity index (χ0v) is 6.06. The minimum absolute atomic E-state index is 0.0224. The lowest BCUT2D eigenvalue weighted by Gasteiger charge is -1.98. The number of allylic oxidation sites excluding steroid dienone is 1. The van der Waals surface area contributed by atoms with E-state index in [9.17, 15) is 4.79 Å². The highest BCUT2D eigenvalue weighted by molar-refractivity contribution is 5.93. The largest absolute Gasteiger partial charge is 0.392 e. The van der Waals surface area contributed by atoms with Gasteiger partial charge in [0.05, 0.1) is 6.61 Å². The first kappa shape index (κ1) is 8.37. The Morgan fingerprint density at radius 2 is 1.78 bits per heavy atom. The molecule has 0 rings (SSSR count). The van der Waals surface area contributed by atoms with E-state index in [-0.39, 0.29) is 12.4 Å². The van der Waals surface area contributed by atoms with Crippen molar-refractivity contribution in [3.63, 3.8) is 0 Å². The first-order valence-electron chi connectivity index (χ1n) is 2.87. The van der Waals surface area contributed by atoms with Crippen LogP contribution in [0.5, 0.6) is 0 Å². The smallest absolute Gasteiger partial charge is 0.155 e. The molecular formula is C7H12O2. The SMILES string of the molecule is CC(=O)C(C)=C(C)CO. The minimum atomic E-state index is -0.0224. The van der Waals surface area contributed by atoms with Gasteiger partial charge in [-0.1, -0.05) is 0 Å². The maximum atomic E-state index is 10.6. The second-order valence-electron chi connectivity index (χ2n) is 2.12. The van der Waals surface area contributed by atoms with Gasteiger partial charge >= 0.3 is 0 Å². The zero-order valence-electron chi connectivity index (χ0n) is 6.06. The summed E-state index contributed by atoms with van der Waals surface area (Å²) in [5.74, 6) is 0.0292. The number of hydrogen-bond acceptors (Lipinski definition) is 2. The Morgan fingerprint density at radius 1 is 1.33 bits per heavy atom. The molecular weight excluding hydrogens is 116 g/mol. The summed E-state index contributed by atoms with van der Waals surface area (Å²) in [7, 11) is 0. The van der Waals surface area contributed by atoms with Gasteiger partial charge in [0.2, 0.25) is 0 Å². The van der Waals surface area contributed by atoms with Crippen molar-refractivity contribution in [3.8, 4) is 0 Å². The monoisotopic (exact) mass is 128 g/mol. The summed E-state index contributed by atoms with van der Waals surface area (Å²) >= 11 is 0. The average molecular weight is 128 g/mol. The van der Waals surface area contributed by atoms with Gasteiger partial charge in [0.25, 0.3) is 0 Å². The molecule has 52 valence electrons. The molecule has 2 nitrogen and oxygen atoms in total. The van der Waals surface area contributed by atoms with Crippen LogP contribution in [0.1, 0.15) is 20.8 Å². The van der Waals surface area contributed by atoms with Crippen LogP contribution in [-0.2, 0) is 4.79 Å². The summed E-state index contributed by atoms with van der Waals surface area (Å²) in [5, 5.41) is 8.54. The first-order chi connectivity index (χ1) is 4.09. The van der Waals surface area contributed by atoms with E-state index in [0.29, 0.717) is 5.57 Å². The molecule has 0 atom stereocenters. The van der Waals surface area contributed by atoms with E-state index in [1.807, 2.05) is 0 Å². The van der Waals surface area contributed by atoms with Crippen molar-refractivity contribution in [1.29, 1.82) is 0 Å². The van der Waals surface area contributed by atoms with Crippen molar-refractivity contribution < 1.29 is 9.90 Å². The van der Waals surface area contributed by atoms with Gasteiger partial charge < -0.3 is 5.11 Å². The average Bonchev–Trinajstić information content (AvgIpc) is 1.84. The number of ketones is 1. The van der Waals surface area contributed by atoms with Crippen LogP contribution < -0.4 is 0 Å². The van der Waals surface area contributed by atoms with Crippen LogP contribution >= 0.6 is 0 Å². The van der Waals surface area contributed by atoms with Gasteiger partial charge in [0.15, 0.2) is 5.78 Å². The Hall–Kier alpha value is -0.630. The zero-order chi connectivity index (χ0) is 7.44. The van der Waals surface area contributed by atoms with Gasteiger partial charge in [-0.05, 0) is 31.9 Å². The van der Waals surface area contributed by atoms with Crippen LogP contribution in [0.3, 0.4) is 0 Å². The lowest BCUT2D eigenvalue weighted by atomic mass is 10.1. The number of aliphatic hydroxyl groups is 1. The molecule has 0 radical (unpaired) electrons. The van der Waals surface area contributed by atoms with Crippen LogP contribution in [0.4, 0.5) is 0 Å². The summed E-state index contributed by atoms with van der Waals surface area (Å²) in [5.41, 5.74) is 1.42. The maximum absolute atomic E-state index is 10.6. The Bertz CT molecular complexity index is 145. The summed E-state index contributed by atoms with van der Waals surface area (Å²) < 4.78 is 0. The van der Waals surface area contributed by atoms with Crippen molar-refractivity contribution in [1.82, 2.24) is 0 Å². The van der Waals surface area contributed by atoms with Crippen LogP contribution in [0.15, 0.2) is 11.1 Å². The Morgan fingerprint density at radius 3 is 1.89 bits per heavy atom. The molecule has 0 bridgehead atoms. The lowest BCUT2D eigenvalue weighted by Crippen LogP contribution is -1.98. The van der Waals surface area contributed by atoms with Gasteiger partial charge in [-0.2, -0.15) is 0 Å². The van der Waals surface area contributed by atoms with E-state index in [2.05, 4.69) is 0 Å². The molecule has 0 aromatic carbocycles. The number of carbonyl (C=O) groups is 1. The van der Waals surface area contributed by atoms with Crippen molar-refractivity contribution in [2.24, 2.45) is 0 Å². The summed E-state index contributed by atoms with van der Waals surface area (Å²) in [6, 6.07) is 0. The highest BCUT2D eigenvalue weighted by Crippen LogP contribution is 2.01. The molecule has 0 spiro atoms. The third-order valence-corrected chi connectivity index (χ3v) is 1.41. The number of carbonyl (C=O) groups excluding carboxylic acids is 1. The predicted octanol–water partition coefficient (Wildman–Crippen LogP) is 0.904. The third kappa shape index (κ3) is 2.42. The topological polar surface area (TPSA) is 37.3 Å². The quantitative estimate of drug-likeness (QED) is 0.561. The molecule has 0 fully saturated rings. The van der Waals surface area contributed by atoms with E-state index < -0.39 is 0 Å². The van der Waals surface area contributed by atoms with Crippen LogP contribution in [0.25, 0.3) is 0 Å². The van der Waals surface area contributed by atoms with Crippen molar-refractivity contribution >= 4 is 5.78 Å². The fourth-order valence-corrected chi connectivity index (χ4v) is 0.419. The summed E-state index contributed by atoms with van der Waals surface area (Å²) in [4.78, 5) is 10.6. The Labute approximate surface area is 55.2 Å². The molecule has 0 aliphatic carbocycles. The second kappa shape index (κ2) is 3.41. The molecule has 0 saturated carbocycles. The van der Waals surface area contributed by atoms with Crippen LogP contribution in [0, 0.1) is 0 Å². The summed E-state index contributed by atoms with van der Waals surface area (Å²) in [6.07, 6.45) is 0. The Kier molecular flexibility index (Phi) is 3.17. The normalized spacial score (nSPS) is 12.9. The molecule has 0 aliphatic heterocycles. The highest BCUT2D eigenvalue weighted by Gasteiger charge is 1.98. The molecule has 9 heavy (non-hydrogen) atoms. The number of hydrogen-bond donors (Lipinski definition) is 1. The number of rotatable bonds is 2. The van der Waals surface area contributed by atoms with Crippen LogP contribution in [0.2, 0.25) is 0 Å². The van der Waals surface area contributed by atoms with E-state index in [1.54, 1.807) is 13.8 Å².